The molecule has 1 aromatic heterocycles. The van der Waals surface area contributed by atoms with Crippen LogP contribution in [-0.2, 0) is 7.05 Å². The van der Waals surface area contributed by atoms with Gasteiger partial charge in [0.15, 0.2) is 0 Å². The van der Waals surface area contributed by atoms with Gasteiger partial charge in [0.05, 0.1) is 11.9 Å². The average Bonchev–Trinajstić information content (AvgIpc) is 2.58. The molecule has 0 fully saturated rings. The molecule has 0 spiro atoms. The van der Waals surface area contributed by atoms with Gasteiger partial charge in [0.25, 0.3) is 0 Å². The number of rotatable bonds is 6. The Bertz CT molecular complexity index is 256. The molecule has 4 nitrogen and oxygen atoms in total. The number of nitrogens with two attached hydrogens (primary N) is 1. The molecule has 0 saturated heterocycles. The van der Waals surface area contributed by atoms with Crippen LogP contribution in [0.5, 0.6) is 0 Å². The van der Waals surface area contributed by atoms with Crippen LogP contribution in [0.1, 0.15) is 26.2 Å². The van der Waals surface area contributed by atoms with E-state index in [4.69, 9.17) is 5.73 Å². The number of anilines is 1. The molecular weight excluding hydrogens is 176 g/mol. The zero-order valence-electron chi connectivity index (χ0n) is 9.03. The van der Waals surface area contributed by atoms with Crippen molar-refractivity contribution < 1.29 is 0 Å². The van der Waals surface area contributed by atoms with Crippen molar-refractivity contribution >= 4 is 5.69 Å². The molecule has 4 heteroatoms. The molecule has 1 heterocycles. The molecule has 0 aromatic carbocycles. The second-order valence-electron chi connectivity index (χ2n) is 3.69. The van der Waals surface area contributed by atoms with Gasteiger partial charge in [0.1, 0.15) is 0 Å². The third-order valence-electron chi connectivity index (χ3n) is 2.20. The Morgan fingerprint density at radius 1 is 1.64 bits per heavy atom. The Hall–Kier alpha value is -1.03. The number of nitrogens with one attached hydrogen (secondary N) is 1. The van der Waals surface area contributed by atoms with Gasteiger partial charge in [-0.3, -0.25) is 4.68 Å². The molecule has 1 aromatic rings. The van der Waals surface area contributed by atoms with E-state index >= 15 is 0 Å². The predicted molar refractivity (Wildman–Crippen MR) is 59.2 cm³/mol. The first-order valence-corrected chi connectivity index (χ1v) is 5.20. The van der Waals surface area contributed by atoms with Crippen molar-refractivity contribution in [2.75, 3.05) is 11.9 Å². The van der Waals surface area contributed by atoms with Crippen LogP contribution in [0.2, 0.25) is 0 Å². The first kappa shape index (κ1) is 11.0. The number of nitrogens with zero attached hydrogens (tertiary/aromatic N) is 2. The fourth-order valence-electron chi connectivity index (χ4n) is 1.33. The highest BCUT2D eigenvalue weighted by Crippen LogP contribution is 2.04. The summed E-state index contributed by atoms with van der Waals surface area (Å²) in [4.78, 5) is 0. The molecule has 0 aliphatic rings. The highest BCUT2D eigenvalue weighted by atomic mass is 15.3. The molecule has 0 aliphatic heterocycles. The normalized spacial score (nSPS) is 12.8. The number of hydrogen-bond donors (Lipinski definition) is 2. The summed E-state index contributed by atoms with van der Waals surface area (Å²) in [5.74, 6) is 0. The molecule has 14 heavy (non-hydrogen) atoms. The van der Waals surface area contributed by atoms with E-state index in [0.29, 0.717) is 0 Å². The van der Waals surface area contributed by atoms with Gasteiger partial charge in [0, 0.05) is 25.8 Å². The minimum absolute atomic E-state index is 0.246. The SMILES string of the molecule is CCCCC(N)CNc1cnn(C)c1. The van der Waals surface area contributed by atoms with Crippen LogP contribution in [0.4, 0.5) is 5.69 Å². The summed E-state index contributed by atoms with van der Waals surface area (Å²) in [5, 5.41) is 7.34. The van der Waals surface area contributed by atoms with E-state index in [-0.39, 0.29) is 6.04 Å². The van der Waals surface area contributed by atoms with Gasteiger partial charge in [-0.1, -0.05) is 19.8 Å². The van der Waals surface area contributed by atoms with Crippen molar-refractivity contribution in [2.45, 2.75) is 32.2 Å². The molecular formula is C10H20N4. The molecule has 0 radical (unpaired) electrons. The lowest BCUT2D eigenvalue weighted by molar-refractivity contribution is 0.596. The summed E-state index contributed by atoms with van der Waals surface area (Å²) in [6, 6.07) is 0.246. The van der Waals surface area contributed by atoms with Gasteiger partial charge >= 0.3 is 0 Å². The van der Waals surface area contributed by atoms with Crippen molar-refractivity contribution in [2.24, 2.45) is 12.8 Å². The Kier molecular flexibility index (Phi) is 4.46. The fourth-order valence-corrected chi connectivity index (χ4v) is 1.33. The fraction of sp³-hybridized carbons (Fsp3) is 0.700. The Morgan fingerprint density at radius 2 is 2.43 bits per heavy atom. The Labute approximate surface area is 85.5 Å². The van der Waals surface area contributed by atoms with E-state index in [2.05, 4.69) is 17.3 Å². The van der Waals surface area contributed by atoms with Gasteiger partial charge < -0.3 is 11.1 Å². The Morgan fingerprint density at radius 3 is 3.00 bits per heavy atom. The summed E-state index contributed by atoms with van der Waals surface area (Å²) in [5.41, 5.74) is 6.97. The van der Waals surface area contributed by atoms with E-state index in [9.17, 15) is 0 Å². The minimum Gasteiger partial charge on any atom is -0.381 e. The molecule has 3 N–H and O–H groups in total. The quantitative estimate of drug-likeness (QED) is 0.722. The number of aromatic nitrogens is 2. The predicted octanol–water partition coefficient (Wildman–Crippen LogP) is 1.35. The first-order chi connectivity index (χ1) is 6.72. The van der Waals surface area contributed by atoms with Crippen LogP contribution in [0.15, 0.2) is 12.4 Å². The average molecular weight is 196 g/mol. The molecule has 0 amide bonds. The number of aryl methyl sites for hydroxylation is 1. The summed E-state index contributed by atoms with van der Waals surface area (Å²) in [7, 11) is 1.90. The van der Waals surface area contributed by atoms with Crippen molar-refractivity contribution in [1.29, 1.82) is 0 Å². The molecule has 0 aliphatic carbocycles. The molecule has 1 atom stereocenters. The molecule has 1 rings (SSSR count). The van der Waals surface area contributed by atoms with Crippen LogP contribution in [0, 0.1) is 0 Å². The minimum atomic E-state index is 0.246. The molecule has 80 valence electrons. The monoisotopic (exact) mass is 196 g/mol. The largest absolute Gasteiger partial charge is 0.381 e. The molecule has 1 unspecified atom stereocenters. The third kappa shape index (κ3) is 3.79. The lowest BCUT2D eigenvalue weighted by Crippen LogP contribution is -2.28. The smallest absolute Gasteiger partial charge is 0.0726 e. The van der Waals surface area contributed by atoms with Gasteiger partial charge in [0.2, 0.25) is 0 Å². The van der Waals surface area contributed by atoms with Crippen LogP contribution >= 0.6 is 0 Å². The topological polar surface area (TPSA) is 55.9 Å². The van der Waals surface area contributed by atoms with Crippen molar-refractivity contribution in [3.63, 3.8) is 0 Å². The third-order valence-corrected chi connectivity index (χ3v) is 2.20. The second kappa shape index (κ2) is 5.65. The second-order valence-corrected chi connectivity index (χ2v) is 3.69. The van der Waals surface area contributed by atoms with Gasteiger partial charge in [-0.05, 0) is 6.42 Å². The van der Waals surface area contributed by atoms with E-state index in [1.54, 1.807) is 4.68 Å². The van der Waals surface area contributed by atoms with E-state index in [0.717, 1.165) is 18.7 Å². The summed E-state index contributed by atoms with van der Waals surface area (Å²) in [6.07, 6.45) is 7.26. The Balaban J connectivity index is 2.20. The van der Waals surface area contributed by atoms with E-state index < -0.39 is 0 Å². The van der Waals surface area contributed by atoms with E-state index in [1.807, 2.05) is 19.4 Å². The van der Waals surface area contributed by atoms with Crippen molar-refractivity contribution in [3.8, 4) is 0 Å². The lowest BCUT2D eigenvalue weighted by atomic mass is 10.1. The lowest BCUT2D eigenvalue weighted by Gasteiger charge is -2.11. The van der Waals surface area contributed by atoms with Crippen molar-refractivity contribution in [1.82, 2.24) is 9.78 Å². The van der Waals surface area contributed by atoms with Gasteiger partial charge in [-0.15, -0.1) is 0 Å². The standard InChI is InChI=1S/C10H20N4/c1-3-4-5-9(11)6-12-10-7-13-14(2)8-10/h7-9,12H,3-6,11H2,1-2H3. The van der Waals surface area contributed by atoms with Crippen LogP contribution in [-0.4, -0.2) is 22.4 Å². The maximum absolute atomic E-state index is 5.92. The summed E-state index contributed by atoms with van der Waals surface area (Å²) in [6.45, 7) is 3.01. The maximum atomic E-state index is 5.92. The first-order valence-electron chi connectivity index (χ1n) is 5.20. The van der Waals surface area contributed by atoms with Crippen LogP contribution in [0.3, 0.4) is 0 Å². The molecule has 0 bridgehead atoms. The van der Waals surface area contributed by atoms with E-state index in [1.165, 1.54) is 12.8 Å². The van der Waals surface area contributed by atoms with Crippen LogP contribution in [0.25, 0.3) is 0 Å². The van der Waals surface area contributed by atoms with Crippen LogP contribution < -0.4 is 11.1 Å². The highest BCUT2D eigenvalue weighted by Gasteiger charge is 2.01. The maximum Gasteiger partial charge on any atom is 0.0726 e. The zero-order chi connectivity index (χ0) is 10.4. The summed E-state index contributed by atoms with van der Waals surface area (Å²) < 4.78 is 1.78. The number of unbranched alkanes of at least 4 members (excludes halogenated alkanes) is 1. The molecule has 0 saturated carbocycles. The summed E-state index contributed by atoms with van der Waals surface area (Å²) >= 11 is 0. The van der Waals surface area contributed by atoms with Crippen molar-refractivity contribution in [3.05, 3.63) is 12.4 Å². The highest BCUT2D eigenvalue weighted by molar-refractivity contribution is 5.38. The van der Waals surface area contributed by atoms with Gasteiger partial charge in [-0.25, -0.2) is 0 Å². The number of hydrogen-bond acceptors (Lipinski definition) is 3. The zero-order valence-corrected chi connectivity index (χ0v) is 9.03. The van der Waals surface area contributed by atoms with Gasteiger partial charge in [-0.2, -0.15) is 5.10 Å².